The Morgan fingerprint density at radius 3 is 2.79 bits per heavy atom. The van der Waals surface area contributed by atoms with Crippen LogP contribution in [0.1, 0.15) is 38.2 Å². The SMILES string of the molecule is Cc1cccc(N2CC3(CCCC3)NCC2C)c1Br. The van der Waals surface area contributed by atoms with Gasteiger partial charge in [-0.25, -0.2) is 0 Å². The smallest absolute Gasteiger partial charge is 0.0516 e. The summed E-state index contributed by atoms with van der Waals surface area (Å²) in [6.07, 6.45) is 5.42. The van der Waals surface area contributed by atoms with Gasteiger partial charge in [-0.05, 0) is 54.2 Å². The third-order valence-electron chi connectivity index (χ3n) is 4.82. The molecule has 1 N–H and O–H groups in total. The molecule has 3 rings (SSSR count). The summed E-state index contributed by atoms with van der Waals surface area (Å²) in [5, 5.41) is 3.82. The first-order chi connectivity index (χ1) is 9.11. The number of hydrogen-bond acceptors (Lipinski definition) is 2. The van der Waals surface area contributed by atoms with Crippen LogP contribution in [-0.4, -0.2) is 24.7 Å². The second kappa shape index (κ2) is 5.10. The van der Waals surface area contributed by atoms with Gasteiger partial charge in [-0.2, -0.15) is 0 Å². The second-order valence-electron chi connectivity index (χ2n) is 6.25. The molecule has 104 valence electrons. The molecule has 1 heterocycles. The summed E-state index contributed by atoms with van der Waals surface area (Å²) < 4.78 is 1.26. The average Bonchev–Trinajstić information content (AvgIpc) is 2.85. The van der Waals surface area contributed by atoms with Crippen molar-refractivity contribution >= 4 is 21.6 Å². The Hall–Kier alpha value is -0.540. The fourth-order valence-corrected chi connectivity index (χ4v) is 4.07. The molecule has 1 saturated heterocycles. The molecule has 1 aliphatic carbocycles. The zero-order valence-corrected chi connectivity index (χ0v) is 13.5. The largest absolute Gasteiger partial charge is 0.365 e. The molecule has 0 bridgehead atoms. The highest BCUT2D eigenvalue weighted by Crippen LogP contribution is 2.37. The monoisotopic (exact) mass is 322 g/mol. The van der Waals surface area contributed by atoms with Crippen LogP contribution in [0.5, 0.6) is 0 Å². The second-order valence-corrected chi connectivity index (χ2v) is 7.05. The van der Waals surface area contributed by atoms with Crippen molar-refractivity contribution in [1.82, 2.24) is 5.32 Å². The lowest BCUT2D eigenvalue weighted by molar-refractivity contribution is 0.276. The predicted molar refractivity (Wildman–Crippen MR) is 84.9 cm³/mol. The van der Waals surface area contributed by atoms with Crippen LogP contribution < -0.4 is 10.2 Å². The van der Waals surface area contributed by atoms with Gasteiger partial charge < -0.3 is 10.2 Å². The zero-order chi connectivity index (χ0) is 13.5. The number of benzene rings is 1. The highest BCUT2D eigenvalue weighted by atomic mass is 79.9. The van der Waals surface area contributed by atoms with E-state index >= 15 is 0 Å². The van der Waals surface area contributed by atoms with Gasteiger partial charge in [-0.15, -0.1) is 0 Å². The summed E-state index contributed by atoms with van der Waals surface area (Å²) in [5.74, 6) is 0. The molecule has 0 amide bonds. The highest BCUT2D eigenvalue weighted by molar-refractivity contribution is 9.10. The summed E-state index contributed by atoms with van der Waals surface area (Å²) in [5.41, 5.74) is 3.05. The number of nitrogens with one attached hydrogen (secondary N) is 1. The van der Waals surface area contributed by atoms with Gasteiger partial charge in [0.05, 0.1) is 5.69 Å². The van der Waals surface area contributed by atoms with Crippen LogP contribution in [0.4, 0.5) is 5.69 Å². The minimum absolute atomic E-state index is 0.371. The molecule has 0 radical (unpaired) electrons. The molecule has 1 spiro atoms. The first kappa shape index (κ1) is 13.4. The van der Waals surface area contributed by atoms with Gasteiger partial charge in [0.1, 0.15) is 0 Å². The van der Waals surface area contributed by atoms with Crippen molar-refractivity contribution in [1.29, 1.82) is 0 Å². The Balaban J connectivity index is 1.91. The summed E-state index contributed by atoms with van der Waals surface area (Å²) >= 11 is 3.78. The molecule has 1 atom stereocenters. The Kier molecular flexibility index (Phi) is 3.61. The van der Waals surface area contributed by atoms with E-state index in [-0.39, 0.29) is 0 Å². The topological polar surface area (TPSA) is 15.3 Å². The number of aryl methyl sites for hydroxylation is 1. The molecular weight excluding hydrogens is 300 g/mol. The van der Waals surface area contributed by atoms with Crippen molar-refractivity contribution in [2.75, 3.05) is 18.0 Å². The normalized spacial score (nSPS) is 26.1. The lowest BCUT2D eigenvalue weighted by Crippen LogP contribution is -2.62. The van der Waals surface area contributed by atoms with E-state index in [2.05, 4.69) is 58.2 Å². The van der Waals surface area contributed by atoms with Crippen LogP contribution in [0.3, 0.4) is 0 Å². The zero-order valence-electron chi connectivity index (χ0n) is 11.9. The maximum atomic E-state index is 3.82. The van der Waals surface area contributed by atoms with Crippen molar-refractivity contribution in [2.24, 2.45) is 0 Å². The molecular formula is C16H23BrN2. The van der Waals surface area contributed by atoms with E-state index in [0.717, 1.165) is 13.1 Å². The van der Waals surface area contributed by atoms with Gasteiger partial charge in [-0.3, -0.25) is 0 Å². The number of hydrogen-bond donors (Lipinski definition) is 1. The first-order valence-corrected chi connectivity index (χ1v) is 8.17. The summed E-state index contributed by atoms with van der Waals surface area (Å²) in [4.78, 5) is 2.60. The van der Waals surface area contributed by atoms with Gasteiger partial charge in [0, 0.05) is 29.1 Å². The van der Waals surface area contributed by atoms with Crippen LogP contribution in [-0.2, 0) is 0 Å². The Bertz CT molecular complexity index is 466. The lowest BCUT2D eigenvalue weighted by Gasteiger charge is -2.47. The van der Waals surface area contributed by atoms with E-state index < -0.39 is 0 Å². The minimum Gasteiger partial charge on any atom is -0.365 e. The van der Waals surface area contributed by atoms with E-state index in [1.165, 1.54) is 41.4 Å². The maximum Gasteiger partial charge on any atom is 0.0516 e. The summed E-state index contributed by atoms with van der Waals surface area (Å²) in [6.45, 7) is 6.74. The number of halogens is 1. The Labute approximate surface area is 124 Å². The first-order valence-electron chi connectivity index (χ1n) is 7.38. The lowest BCUT2D eigenvalue weighted by atomic mass is 9.92. The molecule has 2 fully saturated rings. The van der Waals surface area contributed by atoms with Crippen molar-refractivity contribution in [2.45, 2.75) is 51.1 Å². The number of piperazine rings is 1. The Morgan fingerprint density at radius 2 is 2.05 bits per heavy atom. The van der Waals surface area contributed by atoms with Crippen LogP contribution >= 0.6 is 15.9 Å². The highest BCUT2D eigenvalue weighted by Gasteiger charge is 2.40. The molecule has 0 aromatic heterocycles. The van der Waals surface area contributed by atoms with E-state index in [9.17, 15) is 0 Å². The third kappa shape index (κ3) is 2.43. The Morgan fingerprint density at radius 1 is 1.32 bits per heavy atom. The number of rotatable bonds is 1. The van der Waals surface area contributed by atoms with Gasteiger partial charge >= 0.3 is 0 Å². The minimum atomic E-state index is 0.371. The molecule has 2 aliphatic rings. The van der Waals surface area contributed by atoms with Gasteiger partial charge in [0.25, 0.3) is 0 Å². The fraction of sp³-hybridized carbons (Fsp3) is 0.625. The summed E-state index contributed by atoms with van der Waals surface area (Å²) in [7, 11) is 0. The van der Waals surface area contributed by atoms with Crippen molar-refractivity contribution in [3.8, 4) is 0 Å². The van der Waals surface area contributed by atoms with Crippen LogP contribution in [0.2, 0.25) is 0 Å². The number of anilines is 1. The standard InChI is InChI=1S/C16H23BrN2/c1-12-6-5-7-14(15(12)17)19-11-16(8-3-4-9-16)18-10-13(19)2/h5-7,13,18H,3-4,8-11H2,1-2H3. The molecule has 1 saturated carbocycles. The molecule has 1 aliphatic heterocycles. The van der Waals surface area contributed by atoms with Gasteiger partial charge in [-0.1, -0.05) is 25.0 Å². The maximum absolute atomic E-state index is 3.82. The van der Waals surface area contributed by atoms with E-state index in [0.29, 0.717) is 11.6 Å². The van der Waals surface area contributed by atoms with E-state index in [4.69, 9.17) is 0 Å². The molecule has 1 aromatic rings. The summed E-state index contributed by atoms with van der Waals surface area (Å²) in [6, 6.07) is 7.16. The van der Waals surface area contributed by atoms with Gasteiger partial charge in [0.2, 0.25) is 0 Å². The number of nitrogens with zero attached hydrogens (tertiary/aromatic N) is 1. The van der Waals surface area contributed by atoms with Crippen LogP contribution in [0.15, 0.2) is 22.7 Å². The van der Waals surface area contributed by atoms with E-state index in [1.54, 1.807) is 0 Å². The molecule has 1 aromatic carbocycles. The van der Waals surface area contributed by atoms with Crippen LogP contribution in [0, 0.1) is 6.92 Å². The molecule has 19 heavy (non-hydrogen) atoms. The molecule has 2 nitrogen and oxygen atoms in total. The van der Waals surface area contributed by atoms with E-state index in [1.807, 2.05) is 0 Å². The quantitative estimate of drug-likeness (QED) is 0.844. The molecule has 1 unspecified atom stereocenters. The van der Waals surface area contributed by atoms with Crippen molar-refractivity contribution < 1.29 is 0 Å². The average molecular weight is 323 g/mol. The van der Waals surface area contributed by atoms with Crippen LogP contribution in [0.25, 0.3) is 0 Å². The third-order valence-corrected chi connectivity index (χ3v) is 5.85. The van der Waals surface area contributed by atoms with Gasteiger partial charge in [0.15, 0.2) is 0 Å². The predicted octanol–water partition coefficient (Wildman–Crippen LogP) is 3.87. The van der Waals surface area contributed by atoms with Crippen molar-refractivity contribution in [3.05, 3.63) is 28.2 Å². The fourth-order valence-electron chi connectivity index (χ4n) is 3.58. The van der Waals surface area contributed by atoms with Crippen molar-refractivity contribution in [3.63, 3.8) is 0 Å². The molecule has 3 heteroatoms.